The van der Waals surface area contributed by atoms with Gasteiger partial charge in [0.1, 0.15) is 5.52 Å². The van der Waals surface area contributed by atoms with E-state index in [1.807, 2.05) is 18.2 Å². The Morgan fingerprint density at radius 1 is 0.867 bits per heavy atom. The highest BCUT2D eigenvalue weighted by Crippen LogP contribution is 2.25. The van der Waals surface area contributed by atoms with Crippen LogP contribution in [0.5, 0.6) is 5.75 Å². The molecule has 30 heavy (non-hydrogen) atoms. The van der Waals surface area contributed by atoms with Crippen LogP contribution in [0.4, 0.5) is 5.69 Å². The van der Waals surface area contributed by atoms with Crippen LogP contribution in [0.1, 0.15) is 10.4 Å². The van der Waals surface area contributed by atoms with Crippen LogP contribution in [0.25, 0.3) is 10.9 Å². The molecular formula is C23H18N2O4S. The van der Waals surface area contributed by atoms with E-state index in [1.54, 1.807) is 48.7 Å². The van der Waals surface area contributed by atoms with Crippen molar-refractivity contribution in [1.82, 2.24) is 4.98 Å². The van der Waals surface area contributed by atoms with Gasteiger partial charge in [-0.25, -0.2) is 13.2 Å². The lowest BCUT2D eigenvalue weighted by molar-refractivity contribution is 0.0736. The molecule has 0 unspecified atom stereocenters. The first kappa shape index (κ1) is 19.6. The number of hydrogen-bond donors (Lipinski definition) is 0. The lowest BCUT2D eigenvalue weighted by atomic mass is 10.2. The molecule has 0 bridgehead atoms. The summed E-state index contributed by atoms with van der Waals surface area (Å²) in [4.78, 5) is 16.9. The topological polar surface area (TPSA) is 76.6 Å². The van der Waals surface area contributed by atoms with Gasteiger partial charge in [-0.3, -0.25) is 9.29 Å². The normalized spacial score (nSPS) is 11.2. The minimum Gasteiger partial charge on any atom is -0.421 e. The average Bonchev–Trinajstić information content (AvgIpc) is 2.79. The minimum atomic E-state index is -3.75. The van der Waals surface area contributed by atoms with E-state index in [0.717, 1.165) is 5.39 Å². The number of esters is 1. The Hall–Kier alpha value is -3.71. The monoisotopic (exact) mass is 418 g/mol. The van der Waals surface area contributed by atoms with Crippen molar-refractivity contribution >= 4 is 32.6 Å². The van der Waals surface area contributed by atoms with E-state index in [0.29, 0.717) is 17.0 Å². The zero-order valence-corrected chi connectivity index (χ0v) is 16.9. The van der Waals surface area contributed by atoms with Crippen molar-refractivity contribution in [3.05, 3.63) is 96.7 Å². The molecule has 7 heteroatoms. The lowest BCUT2D eigenvalue weighted by Crippen LogP contribution is -2.26. The number of ether oxygens (including phenoxy) is 1. The molecule has 0 atom stereocenters. The molecule has 0 saturated carbocycles. The number of carbonyl (C=O) groups excluding carboxylic acids is 1. The summed E-state index contributed by atoms with van der Waals surface area (Å²) in [7, 11) is -2.26. The van der Waals surface area contributed by atoms with Crippen molar-refractivity contribution in [2.75, 3.05) is 11.4 Å². The zero-order valence-electron chi connectivity index (χ0n) is 16.1. The number of para-hydroxylation sites is 2. The Morgan fingerprint density at radius 3 is 2.30 bits per heavy atom. The van der Waals surface area contributed by atoms with Crippen LogP contribution in [-0.4, -0.2) is 26.4 Å². The summed E-state index contributed by atoms with van der Waals surface area (Å²) < 4.78 is 32.4. The smallest absolute Gasteiger partial charge is 0.343 e. The Labute approximate surface area is 174 Å². The third-order valence-corrected chi connectivity index (χ3v) is 6.47. The molecule has 1 heterocycles. The second kappa shape index (κ2) is 7.96. The van der Waals surface area contributed by atoms with Gasteiger partial charge in [0.25, 0.3) is 10.0 Å². The quantitative estimate of drug-likeness (QED) is 0.357. The van der Waals surface area contributed by atoms with E-state index >= 15 is 0 Å². The first-order valence-electron chi connectivity index (χ1n) is 9.17. The van der Waals surface area contributed by atoms with E-state index in [-0.39, 0.29) is 10.5 Å². The number of hydrogen-bond acceptors (Lipinski definition) is 5. The van der Waals surface area contributed by atoms with Crippen LogP contribution in [0.15, 0.2) is 96.0 Å². The maximum atomic E-state index is 12.9. The number of anilines is 1. The number of carbonyl (C=O) groups is 1. The Balaban J connectivity index is 1.56. The molecule has 4 aromatic rings. The van der Waals surface area contributed by atoms with Crippen LogP contribution in [0.3, 0.4) is 0 Å². The van der Waals surface area contributed by atoms with Gasteiger partial charge in [0.2, 0.25) is 0 Å². The Bertz CT molecular complexity index is 1300. The maximum absolute atomic E-state index is 12.9. The number of fused-ring (bicyclic) bond motifs is 1. The van der Waals surface area contributed by atoms with Gasteiger partial charge in [-0.15, -0.1) is 0 Å². The van der Waals surface area contributed by atoms with Gasteiger partial charge >= 0.3 is 5.97 Å². The number of pyridine rings is 1. The molecule has 0 amide bonds. The summed E-state index contributed by atoms with van der Waals surface area (Å²) >= 11 is 0. The minimum absolute atomic E-state index is 0.0808. The van der Waals surface area contributed by atoms with Crippen molar-refractivity contribution in [2.24, 2.45) is 0 Å². The SMILES string of the molecule is CN(c1ccccc1)S(=O)(=O)c1ccc(C(=O)Oc2cccc3cccnc23)cc1. The molecule has 0 spiro atoms. The van der Waals surface area contributed by atoms with Crippen molar-refractivity contribution in [3.8, 4) is 5.75 Å². The first-order chi connectivity index (χ1) is 14.5. The summed E-state index contributed by atoms with van der Waals surface area (Å²) in [6.45, 7) is 0. The van der Waals surface area contributed by atoms with Gasteiger partial charge in [-0.05, 0) is 48.5 Å². The van der Waals surface area contributed by atoms with Gasteiger partial charge in [-0.1, -0.05) is 36.4 Å². The Kier molecular flexibility index (Phi) is 5.20. The van der Waals surface area contributed by atoms with Gasteiger partial charge in [-0.2, -0.15) is 0 Å². The molecule has 0 aliphatic heterocycles. The van der Waals surface area contributed by atoms with Gasteiger partial charge in [0.05, 0.1) is 16.1 Å². The molecule has 0 N–H and O–H groups in total. The maximum Gasteiger partial charge on any atom is 0.343 e. The molecular weight excluding hydrogens is 400 g/mol. The first-order valence-corrected chi connectivity index (χ1v) is 10.6. The molecule has 0 aliphatic carbocycles. The van der Waals surface area contributed by atoms with E-state index in [9.17, 15) is 13.2 Å². The molecule has 0 aliphatic rings. The zero-order chi connectivity index (χ0) is 21.1. The third-order valence-electron chi connectivity index (χ3n) is 4.67. The van der Waals surface area contributed by atoms with E-state index in [2.05, 4.69) is 4.98 Å². The fraction of sp³-hybridized carbons (Fsp3) is 0.0435. The van der Waals surface area contributed by atoms with Crippen LogP contribution in [0, 0.1) is 0 Å². The fourth-order valence-corrected chi connectivity index (χ4v) is 4.21. The number of nitrogens with zero attached hydrogens (tertiary/aromatic N) is 2. The molecule has 3 aromatic carbocycles. The highest BCUT2D eigenvalue weighted by Gasteiger charge is 2.22. The van der Waals surface area contributed by atoms with Gasteiger partial charge in [0.15, 0.2) is 5.75 Å². The van der Waals surface area contributed by atoms with Crippen molar-refractivity contribution in [2.45, 2.75) is 4.90 Å². The van der Waals surface area contributed by atoms with Gasteiger partial charge < -0.3 is 4.74 Å². The summed E-state index contributed by atoms with van der Waals surface area (Å²) in [5, 5.41) is 0.855. The standard InChI is InChI=1S/C23H18N2O4S/c1-25(19-9-3-2-4-10-19)30(27,28)20-14-12-18(13-15-20)23(26)29-21-11-5-7-17-8-6-16-24-22(17)21/h2-16H,1H3. The molecule has 150 valence electrons. The molecule has 6 nitrogen and oxygen atoms in total. The van der Waals surface area contributed by atoms with E-state index in [4.69, 9.17) is 4.74 Å². The fourth-order valence-electron chi connectivity index (χ4n) is 3.02. The van der Waals surface area contributed by atoms with Crippen molar-refractivity contribution in [3.63, 3.8) is 0 Å². The molecule has 0 radical (unpaired) electrons. The lowest BCUT2D eigenvalue weighted by Gasteiger charge is -2.19. The van der Waals surface area contributed by atoms with Crippen LogP contribution >= 0.6 is 0 Å². The van der Waals surface area contributed by atoms with Crippen LogP contribution in [0.2, 0.25) is 0 Å². The highest BCUT2D eigenvalue weighted by atomic mass is 32.2. The molecule has 1 aromatic heterocycles. The average molecular weight is 418 g/mol. The molecule has 0 fully saturated rings. The summed E-state index contributed by atoms with van der Waals surface area (Å²) in [5.74, 6) is -0.243. The van der Waals surface area contributed by atoms with E-state index < -0.39 is 16.0 Å². The molecule has 4 rings (SSSR count). The Morgan fingerprint density at radius 2 is 1.57 bits per heavy atom. The summed E-state index contributed by atoms with van der Waals surface area (Å²) in [5.41, 5.74) is 1.37. The number of benzene rings is 3. The number of aromatic nitrogens is 1. The molecule has 0 saturated heterocycles. The van der Waals surface area contributed by atoms with E-state index in [1.165, 1.54) is 35.6 Å². The van der Waals surface area contributed by atoms with Crippen LogP contribution in [-0.2, 0) is 10.0 Å². The largest absolute Gasteiger partial charge is 0.421 e. The van der Waals surface area contributed by atoms with Gasteiger partial charge in [0, 0.05) is 18.6 Å². The third kappa shape index (κ3) is 3.75. The second-order valence-electron chi connectivity index (χ2n) is 6.55. The van der Waals surface area contributed by atoms with Crippen molar-refractivity contribution < 1.29 is 17.9 Å². The number of sulfonamides is 1. The number of rotatable bonds is 5. The highest BCUT2D eigenvalue weighted by molar-refractivity contribution is 7.92. The summed E-state index contributed by atoms with van der Waals surface area (Å²) in [6, 6.07) is 23.4. The van der Waals surface area contributed by atoms with Crippen LogP contribution < -0.4 is 9.04 Å². The summed E-state index contributed by atoms with van der Waals surface area (Å²) in [6.07, 6.45) is 1.63. The second-order valence-corrected chi connectivity index (χ2v) is 8.52. The van der Waals surface area contributed by atoms with Crippen molar-refractivity contribution in [1.29, 1.82) is 0 Å². The predicted molar refractivity (Wildman–Crippen MR) is 115 cm³/mol. The predicted octanol–water partition coefficient (Wildman–Crippen LogP) is 4.28.